The van der Waals surface area contributed by atoms with E-state index < -0.39 is 17.8 Å². The summed E-state index contributed by atoms with van der Waals surface area (Å²) in [6, 6.07) is 13.1. The predicted octanol–water partition coefficient (Wildman–Crippen LogP) is 5.27. The molecule has 0 fully saturated rings. The monoisotopic (exact) mass is 491 g/mol. The number of nitrogens with zero attached hydrogens (tertiary/aromatic N) is 1. The molecular weight excluding hydrogens is 458 g/mol. The third-order valence-corrected chi connectivity index (χ3v) is 6.83. The Kier molecular flexibility index (Phi) is 7.20. The summed E-state index contributed by atoms with van der Waals surface area (Å²) in [5.41, 5.74) is 3.31. The third kappa shape index (κ3) is 4.87. The molecule has 4 rings (SSSR count). The minimum Gasteiger partial charge on any atom is -0.493 e. The van der Waals surface area contributed by atoms with E-state index in [0.717, 1.165) is 11.3 Å². The van der Waals surface area contributed by atoms with Gasteiger partial charge >= 0.3 is 5.97 Å². The summed E-state index contributed by atoms with van der Waals surface area (Å²) < 4.78 is 22.4. The number of Topliss-reactive ketones (excluding diaryl/α,β-unsaturated/α-hetero) is 1. The second-order valence-corrected chi connectivity index (χ2v) is 10.1. The van der Waals surface area contributed by atoms with E-state index in [-0.39, 0.29) is 17.8 Å². The van der Waals surface area contributed by atoms with Crippen LogP contribution in [0.15, 0.2) is 58.7 Å². The predicted molar refractivity (Wildman–Crippen MR) is 137 cm³/mol. The number of ether oxygens (including phenoxy) is 4. The average Bonchev–Trinajstić information content (AvgIpc) is 2.85. The fraction of sp³-hybridized carbons (Fsp3) is 0.414. The molecule has 1 aliphatic heterocycles. The van der Waals surface area contributed by atoms with Crippen molar-refractivity contribution >= 4 is 17.5 Å². The lowest BCUT2D eigenvalue weighted by Gasteiger charge is -2.39. The summed E-state index contributed by atoms with van der Waals surface area (Å²) in [5, 5.41) is 0. The van der Waals surface area contributed by atoms with Crippen LogP contribution in [0.4, 0.5) is 0 Å². The highest BCUT2D eigenvalue weighted by molar-refractivity contribution is 6.09. The second kappa shape index (κ2) is 10.2. The van der Waals surface area contributed by atoms with Crippen LogP contribution in [0.5, 0.6) is 17.2 Å². The highest BCUT2D eigenvalue weighted by Gasteiger charge is 2.46. The van der Waals surface area contributed by atoms with Crippen molar-refractivity contribution in [2.45, 2.75) is 46.1 Å². The Hall–Kier alpha value is -3.61. The number of benzene rings is 2. The van der Waals surface area contributed by atoms with Crippen molar-refractivity contribution in [2.24, 2.45) is 16.3 Å². The number of rotatable bonds is 7. The topological polar surface area (TPSA) is 83.4 Å². The number of aliphatic imine (C=N–C) groups is 1. The van der Waals surface area contributed by atoms with Crippen LogP contribution < -0.4 is 14.2 Å². The number of carbonyl (C=O) groups is 2. The lowest BCUT2D eigenvalue weighted by Crippen LogP contribution is -2.39. The molecule has 2 aromatic rings. The van der Waals surface area contributed by atoms with Crippen LogP contribution in [0.2, 0.25) is 0 Å². The molecule has 0 radical (unpaired) electrons. The molecule has 2 atom stereocenters. The molecule has 2 aliphatic rings. The zero-order valence-electron chi connectivity index (χ0n) is 21.7. The molecule has 0 saturated heterocycles. The molecule has 0 amide bonds. The minimum absolute atomic E-state index is 0.00267. The maximum atomic E-state index is 13.6. The first kappa shape index (κ1) is 25.5. The summed E-state index contributed by atoms with van der Waals surface area (Å²) in [5.74, 6) is -0.430. The third-order valence-electron chi connectivity index (χ3n) is 6.83. The summed E-state index contributed by atoms with van der Waals surface area (Å²) in [6.45, 7) is 6.09. The molecule has 2 aromatic carbocycles. The van der Waals surface area contributed by atoms with Gasteiger partial charge in [0.15, 0.2) is 17.3 Å². The van der Waals surface area contributed by atoms with Crippen LogP contribution in [-0.4, -0.2) is 38.8 Å². The zero-order chi connectivity index (χ0) is 26.0. The molecule has 0 saturated carbocycles. The number of esters is 1. The van der Waals surface area contributed by atoms with E-state index >= 15 is 0 Å². The number of hydrogen-bond donors (Lipinski definition) is 0. The molecule has 7 heteroatoms. The highest BCUT2D eigenvalue weighted by Crippen LogP contribution is 2.50. The fourth-order valence-electron chi connectivity index (χ4n) is 5.21. The Morgan fingerprint density at radius 3 is 2.22 bits per heavy atom. The molecule has 36 heavy (non-hydrogen) atoms. The number of allylic oxidation sites excluding steroid dienone is 2. The largest absolute Gasteiger partial charge is 0.493 e. The van der Waals surface area contributed by atoms with Crippen LogP contribution in [0.3, 0.4) is 0 Å². The Labute approximate surface area is 212 Å². The highest BCUT2D eigenvalue weighted by atomic mass is 16.5. The van der Waals surface area contributed by atoms with Crippen LogP contribution in [-0.2, 0) is 20.9 Å². The first-order valence-corrected chi connectivity index (χ1v) is 12.0. The molecule has 1 unspecified atom stereocenters. The second-order valence-electron chi connectivity index (χ2n) is 10.1. The van der Waals surface area contributed by atoms with Crippen molar-refractivity contribution in [3.63, 3.8) is 0 Å². The van der Waals surface area contributed by atoms with Gasteiger partial charge < -0.3 is 18.9 Å². The molecule has 190 valence electrons. The van der Waals surface area contributed by atoms with Gasteiger partial charge in [0.05, 0.1) is 21.3 Å². The number of ketones is 1. The molecule has 7 nitrogen and oxygen atoms in total. The summed E-state index contributed by atoms with van der Waals surface area (Å²) in [4.78, 5) is 31.9. The van der Waals surface area contributed by atoms with Gasteiger partial charge in [-0.1, -0.05) is 44.2 Å². The Bertz CT molecular complexity index is 1200. The SMILES string of the molecule is COc1cc([C@@H]2C3=C(CC(C)(C)CC3=O)N=C(C)C2C(=O)OCc2ccccc2)cc(OC)c1OC. The van der Waals surface area contributed by atoms with Gasteiger partial charge in [-0.25, -0.2) is 0 Å². The van der Waals surface area contributed by atoms with E-state index in [1.165, 1.54) is 7.11 Å². The van der Waals surface area contributed by atoms with E-state index in [9.17, 15) is 9.59 Å². The van der Waals surface area contributed by atoms with Crippen molar-refractivity contribution in [3.05, 3.63) is 64.9 Å². The summed E-state index contributed by atoms with van der Waals surface area (Å²) >= 11 is 0. The van der Waals surface area contributed by atoms with Crippen molar-refractivity contribution in [2.75, 3.05) is 21.3 Å². The van der Waals surface area contributed by atoms with E-state index in [4.69, 9.17) is 23.9 Å². The first-order valence-electron chi connectivity index (χ1n) is 12.0. The molecule has 0 N–H and O–H groups in total. The van der Waals surface area contributed by atoms with Gasteiger partial charge in [-0.15, -0.1) is 0 Å². The van der Waals surface area contributed by atoms with Crippen molar-refractivity contribution in [1.82, 2.24) is 0 Å². The molecule has 0 bridgehead atoms. The Morgan fingerprint density at radius 2 is 1.64 bits per heavy atom. The van der Waals surface area contributed by atoms with E-state index in [1.807, 2.05) is 37.3 Å². The molecule has 1 aliphatic carbocycles. The van der Waals surface area contributed by atoms with Gasteiger partial charge in [0, 0.05) is 29.3 Å². The quantitative estimate of drug-likeness (QED) is 0.491. The maximum absolute atomic E-state index is 13.6. The van der Waals surface area contributed by atoms with Gasteiger partial charge in [-0.2, -0.15) is 0 Å². The lowest BCUT2D eigenvalue weighted by atomic mass is 9.67. The standard InChI is InChI=1S/C29H33NO6/c1-17-24(28(32)36-16-18-10-8-7-9-11-18)25(26-20(30-17)14-29(2,3)15-21(26)31)19-12-22(33-4)27(35-6)23(13-19)34-5/h7-13,24-25H,14-16H2,1-6H3/t24?,25-/m0/s1. The Morgan fingerprint density at radius 1 is 1.00 bits per heavy atom. The lowest BCUT2D eigenvalue weighted by molar-refractivity contribution is -0.148. The normalized spacial score (nSPS) is 20.8. The minimum atomic E-state index is -0.763. The smallest absolute Gasteiger partial charge is 0.315 e. The Balaban J connectivity index is 1.83. The van der Waals surface area contributed by atoms with Gasteiger partial charge in [-0.3, -0.25) is 14.6 Å². The molecule has 0 aromatic heterocycles. The average molecular weight is 492 g/mol. The van der Waals surface area contributed by atoms with Crippen molar-refractivity contribution < 1.29 is 28.5 Å². The van der Waals surface area contributed by atoms with Gasteiger partial charge in [0.25, 0.3) is 0 Å². The molecule has 0 spiro atoms. The van der Waals surface area contributed by atoms with Gasteiger partial charge in [0.1, 0.15) is 12.5 Å². The van der Waals surface area contributed by atoms with E-state index in [1.54, 1.807) is 26.4 Å². The van der Waals surface area contributed by atoms with Crippen LogP contribution >= 0.6 is 0 Å². The van der Waals surface area contributed by atoms with E-state index in [2.05, 4.69) is 13.8 Å². The maximum Gasteiger partial charge on any atom is 0.315 e. The number of carbonyl (C=O) groups excluding carboxylic acids is 2. The number of hydrogen-bond acceptors (Lipinski definition) is 7. The number of methoxy groups -OCH3 is 3. The van der Waals surface area contributed by atoms with Crippen LogP contribution in [0.1, 0.15) is 50.7 Å². The van der Waals surface area contributed by atoms with Crippen molar-refractivity contribution in [1.29, 1.82) is 0 Å². The zero-order valence-corrected chi connectivity index (χ0v) is 21.7. The van der Waals surface area contributed by atoms with Crippen LogP contribution in [0.25, 0.3) is 0 Å². The molecular formula is C29H33NO6. The van der Waals surface area contributed by atoms with E-state index in [0.29, 0.717) is 46.9 Å². The van der Waals surface area contributed by atoms with Crippen molar-refractivity contribution in [3.8, 4) is 17.2 Å². The fourth-order valence-corrected chi connectivity index (χ4v) is 5.21. The molecule has 1 heterocycles. The first-order chi connectivity index (χ1) is 17.2. The van der Waals surface area contributed by atoms with Crippen LogP contribution in [0, 0.1) is 11.3 Å². The summed E-state index contributed by atoms with van der Waals surface area (Å²) in [6.07, 6.45) is 1.03. The summed E-state index contributed by atoms with van der Waals surface area (Å²) in [7, 11) is 4.62. The van der Waals surface area contributed by atoms with Gasteiger partial charge in [0.2, 0.25) is 5.75 Å². The van der Waals surface area contributed by atoms with Gasteiger partial charge in [-0.05, 0) is 42.0 Å².